The first kappa shape index (κ1) is 12.2. The van der Waals surface area contributed by atoms with E-state index in [2.05, 4.69) is 4.18 Å². The van der Waals surface area contributed by atoms with Gasteiger partial charge in [-0.2, -0.15) is 8.42 Å². The van der Waals surface area contributed by atoms with E-state index in [-0.39, 0.29) is 20.5 Å². The van der Waals surface area contributed by atoms with Crippen molar-refractivity contribution < 1.29 is 21.9 Å². The van der Waals surface area contributed by atoms with Crippen molar-refractivity contribution >= 4 is 16.7 Å². The van der Waals surface area contributed by atoms with Gasteiger partial charge in [0.25, 0.3) is 0 Å². The van der Waals surface area contributed by atoms with Crippen molar-refractivity contribution in [3.8, 4) is 0 Å². The summed E-state index contributed by atoms with van der Waals surface area (Å²) in [5.74, 6) is 0. The maximum atomic E-state index is 9.72. The third kappa shape index (κ3) is 10.5. The molecule has 0 fully saturated rings. The van der Waals surface area contributed by atoms with E-state index >= 15 is 0 Å². The van der Waals surface area contributed by atoms with Crippen LogP contribution < -0.4 is 0 Å². The summed E-state index contributed by atoms with van der Waals surface area (Å²) in [4.78, 5) is 9.53. The zero-order valence-corrected chi connectivity index (χ0v) is 5.30. The first-order chi connectivity index (χ1) is 4.06. The molecule has 0 aromatic carbocycles. The largest absolute Gasteiger partial charge is 0.397 e. The molecular weight excluding hydrogens is 160 g/mol. The summed E-state index contributed by atoms with van der Waals surface area (Å²) in [5.41, 5.74) is 0. The predicted molar refractivity (Wildman–Crippen MR) is 34.9 cm³/mol. The SMILES string of the molecule is C.O=CCCOS(=O)(=O)O. The Labute approximate surface area is 60.0 Å². The van der Waals surface area contributed by atoms with E-state index in [4.69, 9.17) is 4.55 Å². The summed E-state index contributed by atoms with van der Waals surface area (Å²) in [6.07, 6.45) is 0.449. The molecule has 0 unspecified atom stereocenters. The van der Waals surface area contributed by atoms with Crippen LogP contribution in [0.15, 0.2) is 0 Å². The highest BCUT2D eigenvalue weighted by Gasteiger charge is 2.01. The Balaban J connectivity index is 0. The van der Waals surface area contributed by atoms with Gasteiger partial charge >= 0.3 is 10.4 Å². The van der Waals surface area contributed by atoms with Crippen LogP contribution in [0.2, 0.25) is 0 Å². The minimum absolute atomic E-state index is 0. The second-order valence-corrected chi connectivity index (χ2v) is 2.30. The van der Waals surface area contributed by atoms with E-state index in [1.54, 1.807) is 0 Å². The zero-order chi connectivity index (χ0) is 7.33. The van der Waals surface area contributed by atoms with Gasteiger partial charge in [-0.15, -0.1) is 0 Å². The van der Waals surface area contributed by atoms with E-state index in [0.717, 1.165) is 0 Å². The van der Waals surface area contributed by atoms with E-state index in [1.807, 2.05) is 0 Å². The van der Waals surface area contributed by atoms with Crippen LogP contribution in [0.25, 0.3) is 0 Å². The number of hydrogen-bond acceptors (Lipinski definition) is 4. The molecule has 0 spiro atoms. The lowest BCUT2D eigenvalue weighted by Gasteiger charge is -1.92. The van der Waals surface area contributed by atoms with Gasteiger partial charge in [0.15, 0.2) is 0 Å². The normalized spacial score (nSPS) is 10.1. The molecule has 0 aliphatic carbocycles. The molecule has 5 nitrogen and oxygen atoms in total. The van der Waals surface area contributed by atoms with E-state index in [9.17, 15) is 13.2 Å². The molecule has 62 valence electrons. The van der Waals surface area contributed by atoms with E-state index in [0.29, 0.717) is 6.29 Å². The molecule has 0 aliphatic heterocycles. The minimum Gasteiger partial charge on any atom is -0.303 e. The Morgan fingerprint density at radius 3 is 2.30 bits per heavy atom. The topological polar surface area (TPSA) is 80.7 Å². The molecular formula is C4H10O5S. The van der Waals surface area contributed by atoms with Gasteiger partial charge in [0.05, 0.1) is 6.61 Å². The fraction of sp³-hybridized carbons (Fsp3) is 0.750. The number of rotatable bonds is 4. The Morgan fingerprint density at radius 2 is 2.00 bits per heavy atom. The highest BCUT2D eigenvalue weighted by molar-refractivity contribution is 7.80. The molecule has 10 heavy (non-hydrogen) atoms. The van der Waals surface area contributed by atoms with Crippen molar-refractivity contribution in [1.82, 2.24) is 0 Å². The Bertz CT molecular complexity index is 170. The van der Waals surface area contributed by atoms with Crippen molar-refractivity contribution in [2.75, 3.05) is 6.61 Å². The van der Waals surface area contributed by atoms with Crippen molar-refractivity contribution in [1.29, 1.82) is 0 Å². The molecule has 0 saturated carbocycles. The van der Waals surface area contributed by atoms with Gasteiger partial charge in [0, 0.05) is 6.42 Å². The lowest BCUT2D eigenvalue weighted by Crippen LogP contribution is -2.04. The lowest BCUT2D eigenvalue weighted by atomic mass is 10.5. The zero-order valence-electron chi connectivity index (χ0n) is 4.48. The van der Waals surface area contributed by atoms with Crippen LogP contribution >= 0.6 is 0 Å². The van der Waals surface area contributed by atoms with E-state index < -0.39 is 10.4 Å². The number of aldehydes is 1. The smallest absolute Gasteiger partial charge is 0.303 e. The maximum Gasteiger partial charge on any atom is 0.397 e. The van der Waals surface area contributed by atoms with Crippen molar-refractivity contribution in [3.05, 3.63) is 0 Å². The van der Waals surface area contributed by atoms with Crippen LogP contribution in [0.4, 0.5) is 0 Å². The highest BCUT2D eigenvalue weighted by atomic mass is 32.3. The summed E-state index contributed by atoms with van der Waals surface area (Å²) in [5, 5.41) is 0. The first-order valence-electron chi connectivity index (χ1n) is 2.12. The van der Waals surface area contributed by atoms with Crippen molar-refractivity contribution in [2.45, 2.75) is 13.8 Å². The summed E-state index contributed by atoms with van der Waals surface area (Å²) in [7, 11) is -4.36. The van der Waals surface area contributed by atoms with Crippen LogP contribution in [-0.4, -0.2) is 25.9 Å². The fourth-order valence-corrected chi connectivity index (χ4v) is 0.508. The highest BCUT2D eigenvalue weighted by Crippen LogP contribution is 1.85. The second kappa shape index (κ2) is 5.33. The van der Waals surface area contributed by atoms with Crippen LogP contribution in [-0.2, 0) is 19.4 Å². The average molecular weight is 170 g/mol. The monoisotopic (exact) mass is 170 g/mol. The summed E-state index contributed by atoms with van der Waals surface area (Å²) >= 11 is 0. The number of carbonyl (C=O) groups is 1. The number of carbonyl (C=O) groups excluding carboxylic acids is 1. The standard InChI is InChI=1S/C3H6O5S.CH4/c4-2-1-3-8-9(5,6)7;/h2H,1,3H2,(H,5,6,7);1H4. The van der Waals surface area contributed by atoms with Gasteiger partial charge < -0.3 is 4.79 Å². The van der Waals surface area contributed by atoms with E-state index in [1.165, 1.54) is 0 Å². The molecule has 0 aromatic heterocycles. The minimum atomic E-state index is -4.36. The molecule has 0 aliphatic rings. The second-order valence-electron chi connectivity index (χ2n) is 1.21. The molecule has 0 bridgehead atoms. The average Bonchev–Trinajstić information content (AvgIpc) is 1.63. The van der Waals surface area contributed by atoms with Crippen LogP contribution in [0.3, 0.4) is 0 Å². The van der Waals surface area contributed by atoms with Crippen LogP contribution in [0, 0.1) is 0 Å². The molecule has 0 radical (unpaired) electrons. The van der Waals surface area contributed by atoms with Crippen LogP contribution in [0.1, 0.15) is 13.8 Å². The van der Waals surface area contributed by atoms with Crippen molar-refractivity contribution in [2.24, 2.45) is 0 Å². The molecule has 6 heteroatoms. The Hall–Kier alpha value is -0.460. The summed E-state index contributed by atoms with van der Waals surface area (Å²) in [6, 6.07) is 0. The Morgan fingerprint density at radius 1 is 1.50 bits per heavy atom. The molecule has 0 aromatic rings. The predicted octanol–water partition coefficient (Wildman–Crippen LogP) is 0.0309. The molecule has 1 N–H and O–H groups in total. The van der Waals surface area contributed by atoms with Gasteiger partial charge in [-0.25, -0.2) is 4.18 Å². The van der Waals surface area contributed by atoms with Gasteiger partial charge in [-0.1, -0.05) is 7.43 Å². The fourth-order valence-electron chi connectivity index (χ4n) is 0.202. The molecule has 0 atom stereocenters. The quantitative estimate of drug-likeness (QED) is 0.365. The Kier molecular flexibility index (Phi) is 6.53. The molecule has 0 heterocycles. The van der Waals surface area contributed by atoms with Crippen molar-refractivity contribution in [3.63, 3.8) is 0 Å². The maximum absolute atomic E-state index is 9.72. The summed E-state index contributed by atoms with van der Waals surface area (Å²) in [6.45, 7) is -0.303. The summed E-state index contributed by atoms with van der Waals surface area (Å²) < 4.78 is 31.1. The lowest BCUT2D eigenvalue weighted by molar-refractivity contribution is -0.108. The molecule has 0 saturated heterocycles. The third-order valence-corrected chi connectivity index (χ3v) is 0.932. The van der Waals surface area contributed by atoms with Gasteiger partial charge in [-0.3, -0.25) is 4.55 Å². The molecule has 0 amide bonds. The first-order valence-corrected chi connectivity index (χ1v) is 3.48. The van der Waals surface area contributed by atoms with Gasteiger partial charge in [0.1, 0.15) is 6.29 Å². The number of hydrogen-bond donors (Lipinski definition) is 1. The van der Waals surface area contributed by atoms with Crippen LogP contribution in [0.5, 0.6) is 0 Å². The third-order valence-electron chi connectivity index (χ3n) is 0.468. The molecule has 0 rings (SSSR count). The van der Waals surface area contributed by atoms with Gasteiger partial charge in [0.2, 0.25) is 0 Å². The van der Waals surface area contributed by atoms with Gasteiger partial charge in [-0.05, 0) is 0 Å².